The first-order chi connectivity index (χ1) is 8.22. The van der Waals surface area contributed by atoms with Crippen molar-refractivity contribution in [3.05, 3.63) is 34.9 Å². The lowest BCUT2D eigenvalue weighted by Crippen LogP contribution is -2.42. The Morgan fingerprint density at radius 3 is 2.33 bits per heavy atom. The Balaban J connectivity index is 2.62. The van der Waals surface area contributed by atoms with Crippen LogP contribution in [0.15, 0.2) is 18.2 Å². The summed E-state index contributed by atoms with van der Waals surface area (Å²) in [6.07, 6.45) is 0. The molecule has 1 aromatic rings. The highest BCUT2D eigenvalue weighted by atomic mass is 127. The molecule has 18 heavy (non-hydrogen) atoms. The highest BCUT2D eigenvalue weighted by Crippen LogP contribution is 2.48. The van der Waals surface area contributed by atoms with Gasteiger partial charge in [0.15, 0.2) is 5.78 Å². The molecule has 0 unspecified atom stereocenters. The second-order valence-corrected chi connectivity index (χ2v) is 6.51. The molecule has 0 saturated heterocycles. The first-order valence-corrected chi connectivity index (χ1v) is 7.49. The number of halogens is 1. The second kappa shape index (κ2) is 4.28. The van der Waals surface area contributed by atoms with E-state index in [-0.39, 0.29) is 5.78 Å². The Bertz CT molecular complexity index is 509. The summed E-state index contributed by atoms with van der Waals surface area (Å²) >= 11 is 2.08. The zero-order chi connectivity index (χ0) is 13.7. The largest absolute Gasteiger partial charge is 0.312 e. The molecular weight excluding hydrogens is 341 g/mol. The summed E-state index contributed by atoms with van der Waals surface area (Å²) in [7, 11) is 0. The highest BCUT2D eigenvalue weighted by molar-refractivity contribution is 14.1. The van der Waals surface area contributed by atoms with E-state index >= 15 is 0 Å². The summed E-state index contributed by atoms with van der Waals surface area (Å²) in [5, 5.41) is 11.7. The fourth-order valence-corrected chi connectivity index (χ4v) is 3.20. The zero-order valence-corrected chi connectivity index (χ0v) is 13.3. The van der Waals surface area contributed by atoms with Gasteiger partial charge in [0.1, 0.15) is 0 Å². The number of carbonyl (C=O) groups excluding carboxylic acids is 1. The maximum absolute atomic E-state index is 11.8. The van der Waals surface area contributed by atoms with Crippen LogP contribution in [0.2, 0.25) is 0 Å². The predicted molar refractivity (Wildman–Crippen MR) is 79.3 cm³/mol. The second-order valence-electron chi connectivity index (χ2n) is 5.75. The third-order valence-corrected chi connectivity index (χ3v) is 4.53. The van der Waals surface area contributed by atoms with Crippen LogP contribution in [-0.2, 0) is 11.1 Å². The van der Waals surface area contributed by atoms with E-state index in [1.807, 2.05) is 45.9 Å². The number of ketones is 1. The molecule has 2 rings (SSSR count). The van der Waals surface area contributed by atoms with Gasteiger partial charge in [0.05, 0.1) is 15.5 Å². The van der Waals surface area contributed by atoms with Crippen molar-refractivity contribution in [2.24, 2.45) is 0 Å². The molecule has 1 heterocycles. The summed E-state index contributed by atoms with van der Waals surface area (Å²) < 4.78 is 0.475. The number of nitrogens with zero attached hydrogens (tertiary/aromatic N) is 1. The molecule has 0 amide bonds. The number of hydroxylamine groups is 2. The monoisotopic (exact) mass is 359 g/mol. The number of Topliss-reactive ketones (excluding diaryl/α,β-unsaturated/α-hetero) is 1. The summed E-state index contributed by atoms with van der Waals surface area (Å²) in [6.45, 7) is 7.92. The van der Waals surface area contributed by atoms with E-state index < -0.39 is 11.1 Å². The molecule has 0 bridgehead atoms. The quantitative estimate of drug-likeness (QED) is 0.499. The lowest BCUT2D eigenvalue weighted by atomic mass is 9.89. The minimum Gasteiger partial charge on any atom is -0.312 e. The molecule has 1 aliphatic heterocycles. The molecule has 1 aromatic carbocycles. The topological polar surface area (TPSA) is 40.5 Å². The Hall–Kier alpha value is -0.460. The van der Waals surface area contributed by atoms with Crippen LogP contribution < -0.4 is 0 Å². The molecule has 0 fully saturated rings. The van der Waals surface area contributed by atoms with Crippen LogP contribution in [0.25, 0.3) is 0 Å². The molecule has 4 heteroatoms. The van der Waals surface area contributed by atoms with Gasteiger partial charge in [0.2, 0.25) is 0 Å². The Labute approximate surface area is 121 Å². The van der Waals surface area contributed by atoms with Gasteiger partial charge in [-0.2, -0.15) is 5.06 Å². The standard InChI is InChI=1S/C14H18INO2/c1-13(2)10-6-5-9(12(17)8-15)7-11(10)14(3,4)16(13)18/h5-7,18H,8H2,1-4H3. The minimum absolute atomic E-state index is 0.128. The molecule has 3 nitrogen and oxygen atoms in total. The smallest absolute Gasteiger partial charge is 0.172 e. The molecule has 0 radical (unpaired) electrons. The molecule has 98 valence electrons. The number of alkyl halides is 1. The van der Waals surface area contributed by atoms with Gasteiger partial charge in [-0.15, -0.1) is 0 Å². The van der Waals surface area contributed by atoms with E-state index in [9.17, 15) is 10.0 Å². The summed E-state index contributed by atoms with van der Waals surface area (Å²) in [5.74, 6) is 0.128. The van der Waals surface area contributed by atoms with Crippen LogP contribution >= 0.6 is 22.6 Å². The van der Waals surface area contributed by atoms with Crippen molar-refractivity contribution in [3.63, 3.8) is 0 Å². The summed E-state index contributed by atoms with van der Waals surface area (Å²) in [6, 6.07) is 5.75. The van der Waals surface area contributed by atoms with Gasteiger partial charge in [-0.05, 0) is 44.9 Å². The van der Waals surface area contributed by atoms with Crippen LogP contribution in [-0.4, -0.2) is 20.5 Å². The normalized spacial score (nSPS) is 20.8. The van der Waals surface area contributed by atoms with E-state index in [0.717, 1.165) is 16.7 Å². The molecule has 0 aromatic heterocycles. The van der Waals surface area contributed by atoms with Crippen molar-refractivity contribution < 1.29 is 10.0 Å². The van der Waals surface area contributed by atoms with Gasteiger partial charge >= 0.3 is 0 Å². The number of carbonyl (C=O) groups is 1. The van der Waals surface area contributed by atoms with Gasteiger partial charge in [-0.3, -0.25) is 4.79 Å². The van der Waals surface area contributed by atoms with Crippen LogP contribution in [0.3, 0.4) is 0 Å². The molecule has 1 aliphatic rings. The van der Waals surface area contributed by atoms with Crippen molar-refractivity contribution in [2.45, 2.75) is 38.8 Å². The highest BCUT2D eigenvalue weighted by Gasteiger charge is 2.48. The summed E-state index contributed by atoms with van der Waals surface area (Å²) in [5.41, 5.74) is 1.94. The lowest BCUT2D eigenvalue weighted by Gasteiger charge is -2.34. The SMILES string of the molecule is CC1(C)c2ccc(C(=O)CI)cc2C(C)(C)N1O. The van der Waals surface area contributed by atoms with Gasteiger partial charge in [0, 0.05) is 5.56 Å². The van der Waals surface area contributed by atoms with Gasteiger partial charge < -0.3 is 5.21 Å². The number of rotatable bonds is 2. The van der Waals surface area contributed by atoms with Crippen molar-refractivity contribution in [2.75, 3.05) is 4.43 Å². The molecule has 0 aliphatic carbocycles. The van der Waals surface area contributed by atoms with Crippen molar-refractivity contribution in [1.82, 2.24) is 5.06 Å². The molecule has 0 spiro atoms. The van der Waals surface area contributed by atoms with E-state index in [1.54, 1.807) is 0 Å². The average molecular weight is 359 g/mol. The maximum Gasteiger partial charge on any atom is 0.172 e. The number of hydrogen-bond acceptors (Lipinski definition) is 3. The minimum atomic E-state index is -0.472. The molecular formula is C14H18INO2. The van der Waals surface area contributed by atoms with Crippen LogP contribution in [0, 0.1) is 0 Å². The third-order valence-electron chi connectivity index (χ3n) is 3.84. The lowest BCUT2D eigenvalue weighted by molar-refractivity contribution is -0.216. The first-order valence-electron chi connectivity index (χ1n) is 5.96. The van der Waals surface area contributed by atoms with E-state index in [0.29, 0.717) is 4.43 Å². The Morgan fingerprint density at radius 1 is 1.22 bits per heavy atom. The Morgan fingerprint density at radius 2 is 1.78 bits per heavy atom. The molecule has 0 atom stereocenters. The number of hydrogen-bond donors (Lipinski definition) is 1. The molecule has 0 saturated carbocycles. The van der Waals surface area contributed by atoms with E-state index in [1.165, 1.54) is 5.06 Å². The zero-order valence-electron chi connectivity index (χ0n) is 11.1. The Kier molecular flexibility index (Phi) is 3.32. The van der Waals surface area contributed by atoms with Crippen LogP contribution in [0.1, 0.15) is 49.2 Å². The van der Waals surface area contributed by atoms with Crippen LogP contribution in [0.5, 0.6) is 0 Å². The predicted octanol–water partition coefficient (Wildman–Crippen LogP) is 3.48. The fraction of sp³-hybridized carbons (Fsp3) is 0.500. The van der Waals surface area contributed by atoms with E-state index in [4.69, 9.17) is 0 Å². The third kappa shape index (κ3) is 1.82. The molecule has 1 N–H and O–H groups in total. The fourth-order valence-electron chi connectivity index (χ4n) is 2.76. The van der Waals surface area contributed by atoms with Crippen molar-refractivity contribution >= 4 is 28.4 Å². The average Bonchev–Trinajstić information content (AvgIpc) is 2.47. The number of fused-ring (bicyclic) bond motifs is 1. The van der Waals surface area contributed by atoms with Crippen LogP contribution in [0.4, 0.5) is 0 Å². The number of benzene rings is 1. The van der Waals surface area contributed by atoms with E-state index in [2.05, 4.69) is 22.6 Å². The van der Waals surface area contributed by atoms with Gasteiger partial charge in [-0.25, -0.2) is 0 Å². The van der Waals surface area contributed by atoms with Gasteiger partial charge in [-0.1, -0.05) is 34.7 Å². The van der Waals surface area contributed by atoms with Crippen molar-refractivity contribution in [3.8, 4) is 0 Å². The first kappa shape index (κ1) is 14.0. The van der Waals surface area contributed by atoms with Gasteiger partial charge in [0.25, 0.3) is 0 Å². The van der Waals surface area contributed by atoms with Crippen molar-refractivity contribution in [1.29, 1.82) is 0 Å². The summed E-state index contributed by atoms with van der Waals surface area (Å²) in [4.78, 5) is 11.8. The maximum atomic E-state index is 11.8.